The van der Waals surface area contributed by atoms with Gasteiger partial charge in [0.25, 0.3) is 0 Å². The van der Waals surface area contributed by atoms with E-state index < -0.39 is 0 Å². The van der Waals surface area contributed by atoms with Crippen molar-refractivity contribution in [2.75, 3.05) is 12.4 Å². The lowest BCUT2D eigenvalue weighted by atomic mass is 10.3. The molecule has 0 radical (unpaired) electrons. The molecule has 0 atom stereocenters. The van der Waals surface area contributed by atoms with Gasteiger partial charge in [0.2, 0.25) is 0 Å². The van der Waals surface area contributed by atoms with E-state index in [1.165, 1.54) is 6.92 Å². The third kappa shape index (κ3) is 1.18. The highest BCUT2D eigenvalue weighted by Gasteiger charge is 2.03. The molecule has 3 nitrogen and oxygen atoms in total. The van der Waals surface area contributed by atoms with Crippen molar-refractivity contribution in [1.82, 2.24) is 0 Å². The second-order valence-electron chi connectivity index (χ2n) is 1.97. The summed E-state index contributed by atoms with van der Waals surface area (Å²) in [6, 6.07) is 3.37. The Morgan fingerprint density at radius 3 is 2.60 bits per heavy atom. The topological polar surface area (TPSA) is 42.2 Å². The molecular weight excluding hydrogens is 130 g/mol. The minimum Gasteiger partial charge on any atom is -0.438 e. The highest BCUT2D eigenvalue weighted by atomic mass is 16.4. The van der Waals surface area contributed by atoms with Crippen LogP contribution in [0.2, 0.25) is 0 Å². The molecule has 0 aliphatic carbocycles. The summed E-state index contributed by atoms with van der Waals surface area (Å²) < 4.78 is 5.03. The molecule has 0 unspecified atom stereocenters. The second kappa shape index (κ2) is 2.56. The number of hydrogen-bond acceptors (Lipinski definition) is 3. The summed E-state index contributed by atoms with van der Waals surface area (Å²) in [6.07, 6.45) is 0. The first-order valence-corrected chi connectivity index (χ1v) is 3.02. The smallest absolute Gasteiger partial charge is 0.195 e. The minimum atomic E-state index is -0.0542. The van der Waals surface area contributed by atoms with Crippen molar-refractivity contribution in [3.05, 3.63) is 17.9 Å². The van der Waals surface area contributed by atoms with Gasteiger partial charge in [0.1, 0.15) is 0 Å². The van der Waals surface area contributed by atoms with Crippen molar-refractivity contribution in [3.63, 3.8) is 0 Å². The van der Waals surface area contributed by atoms with E-state index in [1.54, 1.807) is 19.2 Å². The van der Waals surface area contributed by atoms with Crippen LogP contribution in [0.1, 0.15) is 17.5 Å². The van der Waals surface area contributed by atoms with E-state index in [2.05, 4.69) is 5.32 Å². The lowest BCUT2D eigenvalue weighted by Crippen LogP contribution is -1.87. The van der Waals surface area contributed by atoms with Gasteiger partial charge >= 0.3 is 0 Å². The van der Waals surface area contributed by atoms with Crippen LogP contribution >= 0.6 is 0 Å². The lowest BCUT2D eigenvalue weighted by molar-refractivity contribution is 0.0988. The van der Waals surface area contributed by atoms with Crippen molar-refractivity contribution in [1.29, 1.82) is 0 Å². The number of nitrogens with one attached hydrogen (secondary N) is 1. The molecule has 0 aromatic carbocycles. The molecule has 3 heteroatoms. The van der Waals surface area contributed by atoms with E-state index in [0.717, 1.165) is 0 Å². The van der Waals surface area contributed by atoms with E-state index >= 15 is 0 Å². The van der Waals surface area contributed by atoms with E-state index in [4.69, 9.17) is 4.42 Å². The summed E-state index contributed by atoms with van der Waals surface area (Å²) in [5, 5.41) is 2.78. The summed E-state index contributed by atoms with van der Waals surface area (Å²) in [5.74, 6) is 0.955. The zero-order valence-electron chi connectivity index (χ0n) is 5.97. The van der Waals surface area contributed by atoms with Crippen LogP contribution in [0.25, 0.3) is 0 Å². The quantitative estimate of drug-likeness (QED) is 0.631. The van der Waals surface area contributed by atoms with Gasteiger partial charge < -0.3 is 9.73 Å². The van der Waals surface area contributed by atoms with Gasteiger partial charge in [-0.2, -0.15) is 0 Å². The summed E-state index contributed by atoms with van der Waals surface area (Å²) >= 11 is 0. The molecule has 1 aromatic rings. The number of ketones is 1. The standard InChI is InChI=1S/C7H9NO2/c1-5(9)6-3-4-7(8-2)10-6/h3-4,8H,1-2H3. The number of carbonyl (C=O) groups excluding carboxylic acids is 1. The summed E-state index contributed by atoms with van der Waals surface area (Å²) in [7, 11) is 1.74. The predicted octanol–water partition coefficient (Wildman–Crippen LogP) is 1.52. The van der Waals surface area contributed by atoms with Crippen molar-refractivity contribution in [2.45, 2.75) is 6.92 Å². The molecule has 1 aromatic heterocycles. The van der Waals surface area contributed by atoms with Crippen molar-refractivity contribution < 1.29 is 9.21 Å². The highest BCUT2D eigenvalue weighted by Crippen LogP contribution is 2.11. The Morgan fingerprint density at radius 2 is 2.30 bits per heavy atom. The van der Waals surface area contributed by atoms with Crippen LogP contribution < -0.4 is 5.32 Å². The van der Waals surface area contributed by atoms with Crippen LogP contribution in [0, 0.1) is 0 Å². The maximum atomic E-state index is 10.7. The average Bonchev–Trinajstić information content (AvgIpc) is 2.34. The molecule has 0 spiro atoms. The van der Waals surface area contributed by atoms with Gasteiger partial charge in [0, 0.05) is 20.0 Å². The van der Waals surface area contributed by atoms with Gasteiger partial charge in [-0.05, 0) is 6.07 Å². The first-order valence-electron chi connectivity index (χ1n) is 3.02. The fourth-order valence-electron chi connectivity index (χ4n) is 0.661. The first kappa shape index (κ1) is 6.86. The van der Waals surface area contributed by atoms with Crippen molar-refractivity contribution in [2.24, 2.45) is 0 Å². The molecule has 0 saturated carbocycles. The molecule has 0 amide bonds. The third-order valence-electron chi connectivity index (χ3n) is 1.20. The largest absolute Gasteiger partial charge is 0.438 e. The van der Waals surface area contributed by atoms with E-state index in [9.17, 15) is 4.79 Å². The number of furan rings is 1. The van der Waals surface area contributed by atoms with Crippen molar-refractivity contribution >= 4 is 11.7 Å². The van der Waals surface area contributed by atoms with Gasteiger partial charge in [0.15, 0.2) is 17.4 Å². The Morgan fingerprint density at radius 1 is 1.60 bits per heavy atom. The predicted molar refractivity (Wildman–Crippen MR) is 38.3 cm³/mol. The van der Waals surface area contributed by atoms with E-state index in [-0.39, 0.29) is 5.78 Å². The number of rotatable bonds is 2. The number of Topliss-reactive ketones (excluding diaryl/α,β-unsaturated/α-hetero) is 1. The minimum absolute atomic E-state index is 0.0542. The van der Waals surface area contributed by atoms with Gasteiger partial charge in [-0.15, -0.1) is 0 Å². The zero-order chi connectivity index (χ0) is 7.56. The van der Waals surface area contributed by atoms with Gasteiger partial charge in [0.05, 0.1) is 0 Å². The van der Waals surface area contributed by atoms with Crippen molar-refractivity contribution in [3.8, 4) is 0 Å². The van der Waals surface area contributed by atoms with Crippen LogP contribution in [-0.2, 0) is 0 Å². The Labute approximate surface area is 59.0 Å². The maximum Gasteiger partial charge on any atom is 0.195 e. The second-order valence-corrected chi connectivity index (χ2v) is 1.97. The molecule has 0 aliphatic heterocycles. The maximum absolute atomic E-state index is 10.7. The van der Waals surface area contributed by atoms with Gasteiger partial charge in [-0.25, -0.2) is 0 Å². The lowest BCUT2D eigenvalue weighted by Gasteiger charge is -1.89. The molecular formula is C7H9NO2. The summed E-state index contributed by atoms with van der Waals surface area (Å²) in [6.45, 7) is 1.47. The Hall–Kier alpha value is -1.25. The van der Waals surface area contributed by atoms with E-state index in [1.807, 2.05) is 0 Å². The van der Waals surface area contributed by atoms with Gasteiger partial charge in [-0.3, -0.25) is 4.79 Å². The monoisotopic (exact) mass is 139 g/mol. The fraction of sp³-hybridized carbons (Fsp3) is 0.286. The van der Waals surface area contributed by atoms with Crippen LogP contribution in [0.3, 0.4) is 0 Å². The Balaban J connectivity index is 2.88. The third-order valence-corrected chi connectivity index (χ3v) is 1.20. The molecule has 0 bridgehead atoms. The molecule has 0 fully saturated rings. The number of anilines is 1. The Kier molecular flexibility index (Phi) is 1.76. The van der Waals surface area contributed by atoms with E-state index in [0.29, 0.717) is 11.6 Å². The molecule has 10 heavy (non-hydrogen) atoms. The fourth-order valence-corrected chi connectivity index (χ4v) is 0.661. The molecule has 1 N–H and O–H groups in total. The number of carbonyl (C=O) groups is 1. The Bertz CT molecular complexity index is 240. The molecule has 1 rings (SSSR count). The zero-order valence-corrected chi connectivity index (χ0v) is 5.97. The van der Waals surface area contributed by atoms with Crippen LogP contribution in [0.4, 0.5) is 5.88 Å². The van der Waals surface area contributed by atoms with Crippen LogP contribution in [0.15, 0.2) is 16.5 Å². The van der Waals surface area contributed by atoms with Crippen LogP contribution in [-0.4, -0.2) is 12.8 Å². The molecule has 0 aliphatic rings. The molecule has 0 saturated heterocycles. The number of hydrogen-bond donors (Lipinski definition) is 1. The summed E-state index contributed by atoms with van der Waals surface area (Å²) in [5.41, 5.74) is 0. The van der Waals surface area contributed by atoms with Crippen LogP contribution in [0.5, 0.6) is 0 Å². The SMILES string of the molecule is CNc1ccc(C(C)=O)o1. The summed E-state index contributed by atoms with van der Waals surface area (Å²) in [4.78, 5) is 10.7. The first-order chi connectivity index (χ1) is 4.74. The molecule has 1 heterocycles. The normalized spacial score (nSPS) is 9.40. The average molecular weight is 139 g/mol. The molecule has 54 valence electrons. The van der Waals surface area contributed by atoms with Gasteiger partial charge in [-0.1, -0.05) is 0 Å². The highest BCUT2D eigenvalue weighted by molar-refractivity contribution is 5.91.